The Kier molecular flexibility index (Phi) is 3.77. The van der Waals surface area contributed by atoms with Gasteiger partial charge in [-0.2, -0.15) is 0 Å². The molecule has 4 nitrogen and oxygen atoms in total. The standard InChI is InChI=1S/C17H18N2O2/c1-3-9-21-14-6-4-5-12(10-14)17-18-15-8-7-13(20-2)11-16(15)19-17/h4-8,10-11H,3,9H2,1-2H3,(H,18,19). The fourth-order valence-corrected chi connectivity index (χ4v) is 2.21. The van der Waals surface area contributed by atoms with Gasteiger partial charge in [0.1, 0.15) is 17.3 Å². The largest absolute Gasteiger partial charge is 0.497 e. The Bertz CT molecular complexity index is 749. The van der Waals surface area contributed by atoms with E-state index in [1.807, 2.05) is 42.5 Å². The molecule has 0 fully saturated rings. The number of methoxy groups -OCH3 is 1. The molecule has 0 amide bonds. The summed E-state index contributed by atoms with van der Waals surface area (Å²) in [5.41, 5.74) is 2.90. The van der Waals surface area contributed by atoms with Crippen LogP contribution in [-0.2, 0) is 0 Å². The van der Waals surface area contributed by atoms with Gasteiger partial charge in [-0.25, -0.2) is 4.98 Å². The monoisotopic (exact) mass is 282 g/mol. The molecule has 0 saturated heterocycles. The van der Waals surface area contributed by atoms with E-state index in [1.54, 1.807) is 7.11 Å². The van der Waals surface area contributed by atoms with Crippen LogP contribution in [0.5, 0.6) is 11.5 Å². The Balaban J connectivity index is 1.96. The summed E-state index contributed by atoms with van der Waals surface area (Å²) in [6.45, 7) is 2.82. The molecule has 0 atom stereocenters. The van der Waals surface area contributed by atoms with Gasteiger partial charge < -0.3 is 14.5 Å². The van der Waals surface area contributed by atoms with E-state index in [4.69, 9.17) is 9.47 Å². The summed E-state index contributed by atoms with van der Waals surface area (Å²) in [5.74, 6) is 2.52. The molecular formula is C17H18N2O2. The van der Waals surface area contributed by atoms with Crippen molar-refractivity contribution in [2.45, 2.75) is 13.3 Å². The van der Waals surface area contributed by atoms with Crippen LogP contribution in [-0.4, -0.2) is 23.7 Å². The van der Waals surface area contributed by atoms with E-state index >= 15 is 0 Å². The van der Waals surface area contributed by atoms with E-state index in [9.17, 15) is 0 Å². The number of fused-ring (bicyclic) bond motifs is 1. The molecule has 0 aliphatic rings. The van der Waals surface area contributed by atoms with E-state index in [1.165, 1.54) is 0 Å². The summed E-state index contributed by atoms with van der Waals surface area (Å²) in [6.07, 6.45) is 0.995. The Labute approximate surface area is 123 Å². The van der Waals surface area contributed by atoms with E-state index in [0.29, 0.717) is 0 Å². The summed E-state index contributed by atoms with van der Waals surface area (Å²) >= 11 is 0. The molecule has 108 valence electrons. The molecule has 1 heterocycles. The number of aromatic nitrogens is 2. The maximum absolute atomic E-state index is 5.67. The van der Waals surface area contributed by atoms with Crippen LogP contribution in [0.1, 0.15) is 13.3 Å². The molecule has 1 N–H and O–H groups in total. The number of H-pyrrole nitrogens is 1. The molecule has 0 saturated carbocycles. The Hall–Kier alpha value is -2.49. The lowest BCUT2D eigenvalue weighted by Gasteiger charge is -2.05. The normalized spacial score (nSPS) is 10.8. The van der Waals surface area contributed by atoms with E-state index in [2.05, 4.69) is 16.9 Å². The molecule has 21 heavy (non-hydrogen) atoms. The first-order valence-corrected chi connectivity index (χ1v) is 7.07. The summed E-state index contributed by atoms with van der Waals surface area (Å²) in [4.78, 5) is 7.94. The van der Waals surface area contributed by atoms with Gasteiger partial charge in [-0.1, -0.05) is 19.1 Å². The summed E-state index contributed by atoms with van der Waals surface area (Å²) < 4.78 is 10.9. The second-order valence-corrected chi connectivity index (χ2v) is 4.84. The van der Waals surface area contributed by atoms with Crippen molar-refractivity contribution in [1.82, 2.24) is 9.97 Å². The van der Waals surface area contributed by atoms with E-state index < -0.39 is 0 Å². The Morgan fingerprint density at radius 1 is 1.10 bits per heavy atom. The topological polar surface area (TPSA) is 47.1 Å². The zero-order valence-corrected chi connectivity index (χ0v) is 12.2. The van der Waals surface area contributed by atoms with Gasteiger partial charge in [-0.15, -0.1) is 0 Å². The van der Waals surface area contributed by atoms with Crippen molar-refractivity contribution in [3.05, 3.63) is 42.5 Å². The number of nitrogens with zero attached hydrogens (tertiary/aromatic N) is 1. The average Bonchev–Trinajstić information content (AvgIpc) is 2.96. The van der Waals surface area contributed by atoms with Crippen molar-refractivity contribution in [1.29, 1.82) is 0 Å². The molecule has 0 aliphatic carbocycles. The number of hydrogen-bond acceptors (Lipinski definition) is 3. The molecule has 0 unspecified atom stereocenters. The highest BCUT2D eigenvalue weighted by atomic mass is 16.5. The highest BCUT2D eigenvalue weighted by molar-refractivity contribution is 5.80. The van der Waals surface area contributed by atoms with E-state index in [-0.39, 0.29) is 0 Å². The fraction of sp³-hybridized carbons (Fsp3) is 0.235. The Morgan fingerprint density at radius 3 is 2.81 bits per heavy atom. The lowest BCUT2D eigenvalue weighted by Crippen LogP contribution is -1.94. The molecule has 0 aliphatic heterocycles. The lowest BCUT2D eigenvalue weighted by atomic mass is 10.2. The van der Waals surface area contributed by atoms with Crippen molar-refractivity contribution < 1.29 is 9.47 Å². The third kappa shape index (κ3) is 2.84. The lowest BCUT2D eigenvalue weighted by molar-refractivity contribution is 0.317. The molecule has 2 aromatic carbocycles. The van der Waals surface area contributed by atoms with Crippen LogP contribution in [0.25, 0.3) is 22.4 Å². The van der Waals surface area contributed by atoms with Gasteiger partial charge in [-0.05, 0) is 30.7 Å². The van der Waals surface area contributed by atoms with Crippen LogP contribution in [0.2, 0.25) is 0 Å². The first kappa shape index (κ1) is 13.5. The average molecular weight is 282 g/mol. The smallest absolute Gasteiger partial charge is 0.138 e. The summed E-state index contributed by atoms with van der Waals surface area (Å²) in [7, 11) is 1.66. The minimum atomic E-state index is 0.723. The minimum Gasteiger partial charge on any atom is -0.497 e. The molecule has 0 spiro atoms. The van der Waals surface area contributed by atoms with Crippen LogP contribution in [0, 0.1) is 0 Å². The SMILES string of the molecule is CCCOc1cccc(-c2nc3ccc(OC)cc3[nH]2)c1. The number of nitrogens with one attached hydrogen (secondary N) is 1. The minimum absolute atomic E-state index is 0.723. The maximum atomic E-state index is 5.67. The van der Waals surface area contributed by atoms with Crippen LogP contribution < -0.4 is 9.47 Å². The van der Waals surface area contributed by atoms with Crippen molar-refractivity contribution >= 4 is 11.0 Å². The summed E-state index contributed by atoms with van der Waals surface area (Å²) in [6, 6.07) is 13.8. The zero-order chi connectivity index (χ0) is 14.7. The number of rotatable bonds is 5. The van der Waals surface area contributed by atoms with Crippen LogP contribution in [0.3, 0.4) is 0 Å². The van der Waals surface area contributed by atoms with Gasteiger partial charge in [0.25, 0.3) is 0 Å². The number of benzene rings is 2. The predicted octanol–water partition coefficient (Wildman–Crippen LogP) is 4.03. The zero-order valence-electron chi connectivity index (χ0n) is 12.2. The van der Waals surface area contributed by atoms with Crippen molar-refractivity contribution in [3.63, 3.8) is 0 Å². The number of imidazole rings is 1. The van der Waals surface area contributed by atoms with E-state index in [0.717, 1.165) is 46.9 Å². The molecule has 0 radical (unpaired) electrons. The summed E-state index contributed by atoms with van der Waals surface area (Å²) in [5, 5.41) is 0. The Morgan fingerprint density at radius 2 is 2.00 bits per heavy atom. The van der Waals surface area contributed by atoms with Crippen LogP contribution in [0.15, 0.2) is 42.5 Å². The van der Waals surface area contributed by atoms with Crippen molar-refractivity contribution in [2.75, 3.05) is 13.7 Å². The van der Waals surface area contributed by atoms with Crippen molar-refractivity contribution in [3.8, 4) is 22.9 Å². The highest BCUT2D eigenvalue weighted by Gasteiger charge is 2.07. The molecule has 1 aromatic heterocycles. The third-order valence-corrected chi connectivity index (χ3v) is 3.27. The second kappa shape index (κ2) is 5.87. The number of aromatic amines is 1. The fourth-order valence-electron chi connectivity index (χ4n) is 2.21. The molecule has 3 aromatic rings. The van der Waals surface area contributed by atoms with Gasteiger partial charge in [0.2, 0.25) is 0 Å². The quantitative estimate of drug-likeness (QED) is 0.768. The van der Waals surface area contributed by atoms with Gasteiger partial charge in [0.05, 0.1) is 24.8 Å². The first-order chi connectivity index (χ1) is 10.3. The number of hydrogen-bond donors (Lipinski definition) is 1. The third-order valence-electron chi connectivity index (χ3n) is 3.27. The number of ether oxygens (including phenoxy) is 2. The van der Waals surface area contributed by atoms with Crippen molar-refractivity contribution in [2.24, 2.45) is 0 Å². The maximum Gasteiger partial charge on any atom is 0.138 e. The predicted molar refractivity (Wildman–Crippen MR) is 83.9 cm³/mol. The van der Waals surface area contributed by atoms with Gasteiger partial charge in [0, 0.05) is 11.6 Å². The van der Waals surface area contributed by atoms with Crippen LogP contribution >= 0.6 is 0 Å². The molecule has 0 bridgehead atoms. The molecule has 4 heteroatoms. The first-order valence-electron chi connectivity index (χ1n) is 7.07. The van der Waals surface area contributed by atoms with Crippen LogP contribution in [0.4, 0.5) is 0 Å². The van der Waals surface area contributed by atoms with Gasteiger partial charge in [0.15, 0.2) is 0 Å². The molecular weight excluding hydrogens is 264 g/mol. The molecule has 3 rings (SSSR count). The van der Waals surface area contributed by atoms with Gasteiger partial charge >= 0.3 is 0 Å². The second-order valence-electron chi connectivity index (χ2n) is 4.84. The highest BCUT2D eigenvalue weighted by Crippen LogP contribution is 2.26. The van der Waals surface area contributed by atoms with Gasteiger partial charge in [-0.3, -0.25) is 0 Å².